The largest absolute Gasteiger partial charge is 0.314 e. The van der Waals surface area contributed by atoms with Gasteiger partial charge < -0.3 is 5.32 Å². The number of hydrogen-bond acceptors (Lipinski definition) is 2. The van der Waals surface area contributed by atoms with Crippen molar-refractivity contribution in [3.8, 4) is 0 Å². The van der Waals surface area contributed by atoms with E-state index in [0.717, 1.165) is 32.1 Å². The minimum Gasteiger partial charge on any atom is -0.314 e. The second-order valence-electron chi connectivity index (χ2n) is 6.18. The molecule has 0 radical (unpaired) electrons. The number of piperazine rings is 1. The zero-order valence-electron chi connectivity index (χ0n) is 12.2. The topological polar surface area (TPSA) is 15.3 Å². The fourth-order valence-electron chi connectivity index (χ4n) is 3.85. The lowest BCUT2D eigenvalue weighted by Crippen LogP contribution is -2.47. The van der Waals surface area contributed by atoms with Crippen molar-refractivity contribution in [2.75, 3.05) is 26.2 Å². The molecule has 1 saturated carbocycles. The zero-order valence-corrected chi connectivity index (χ0v) is 12.2. The molecule has 0 bridgehead atoms. The SMILES string of the molecule is Fc1ccc(C(C2CCCCC2)N2CCNCC2)cc1. The molecule has 1 saturated heterocycles. The number of nitrogens with zero attached hydrogens (tertiary/aromatic N) is 1. The molecule has 2 nitrogen and oxygen atoms in total. The van der Waals surface area contributed by atoms with Gasteiger partial charge in [-0.15, -0.1) is 0 Å². The van der Waals surface area contributed by atoms with Crippen LogP contribution in [0.4, 0.5) is 4.39 Å². The van der Waals surface area contributed by atoms with Gasteiger partial charge >= 0.3 is 0 Å². The van der Waals surface area contributed by atoms with Crippen molar-refractivity contribution >= 4 is 0 Å². The molecule has 20 heavy (non-hydrogen) atoms. The first-order valence-electron chi connectivity index (χ1n) is 8.05. The van der Waals surface area contributed by atoms with Gasteiger partial charge in [-0.1, -0.05) is 31.4 Å². The van der Waals surface area contributed by atoms with Gasteiger partial charge in [-0.05, 0) is 36.5 Å². The Labute approximate surface area is 121 Å². The summed E-state index contributed by atoms with van der Waals surface area (Å²) < 4.78 is 13.2. The van der Waals surface area contributed by atoms with E-state index in [1.807, 2.05) is 12.1 Å². The summed E-state index contributed by atoms with van der Waals surface area (Å²) in [6.07, 6.45) is 6.75. The monoisotopic (exact) mass is 276 g/mol. The summed E-state index contributed by atoms with van der Waals surface area (Å²) in [4.78, 5) is 2.61. The third-order valence-electron chi connectivity index (χ3n) is 4.85. The van der Waals surface area contributed by atoms with Gasteiger partial charge in [-0.2, -0.15) is 0 Å². The molecule has 1 aromatic carbocycles. The average molecular weight is 276 g/mol. The lowest BCUT2D eigenvalue weighted by atomic mass is 9.80. The molecule has 1 aromatic rings. The van der Waals surface area contributed by atoms with Gasteiger partial charge in [0.2, 0.25) is 0 Å². The molecule has 1 aliphatic carbocycles. The summed E-state index contributed by atoms with van der Waals surface area (Å²) in [5, 5.41) is 3.43. The van der Waals surface area contributed by atoms with E-state index in [-0.39, 0.29) is 5.82 Å². The maximum Gasteiger partial charge on any atom is 0.123 e. The van der Waals surface area contributed by atoms with Crippen molar-refractivity contribution in [3.05, 3.63) is 35.6 Å². The fraction of sp³-hybridized carbons (Fsp3) is 0.647. The number of hydrogen-bond donors (Lipinski definition) is 1. The second-order valence-corrected chi connectivity index (χ2v) is 6.18. The molecule has 2 aliphatic rings. The number of halogens is 1. The highest BCUT2D eigenvalue weighted by molar-refractivity contribution is 5.21. The Bertz CT molecular complexity index is 388. The minimum absolute atomic E-state index is 0.128. The van der Waals surface area contributed by atoms with Crippen LogP contribution in [-0.2, 0) is 0 Å². The van der Waals surface area contributed by atoms with Crippen LogP contribution in [0.1, 0.15) is 43.7 Å². The van der Waals surface area contributed by atoms with Crippen molar-refractivity contribution in [3.63, 3.8) is 0 Å². The van der Waals surface area contributed by atoms with Gasteiger partial charge in [0.1, 0.15) is 5.82 Å². The first kappa shape index (κ1) is 14.0. The molecule has 1 heterocycles. The first-order chi connectivity index (χ1) is 9.84. The highest BCUT2D eigenvalue weighted by Crippen LogP contribution is 2.38. The molecule has 0 amide bonds. The maximum absolute atomic E-state index is 13.2. The Morgan fingerprint density at radius 1 is 1.00 bits per heavy atom. The summed E-state index contributed by atoms with van der Waals surface area (Å²) in [7, 11) is 0. The van der Waals surface area contributed by atoms with E-state index in [0.29, 0.717) is 6.04 Å². The van der Waals surface area contributed by atoms with Crippen molar-refractivity contribution < 1.29 is 4.39 Å². The van der Waals surface area contributed by atoms with Crippen molar-refractivity contribution in [1.29, 1.82) is 0 Å². The lowest BCUT2D eigenvalue weighted by Gasteiger charge is -2.41. The van der Waals surface area contributed by atoms with Gasteiger partial charge in [0.25, 0.3) is 0 Å². The Hall–Kier alpha value is -0.930. The van der Waals surface area contributed by atoms with Crippen LogP contribution in [0, 0.1) is 11.7 Å². The Kier molecular flexibility index (Phi) is 4.69. The molecule has 0 spiro atoms. The van der Waals surface area contributed by atoms with E-state index in [1.54, 1.807) is 12.1 Å². The quantitative estimate of drug-likeness (QED) is 0.910. The molecule has 1 aliphatic heterocycles. The predicted molar refractivity (Wildman–Crippen MR) is 80.2 cm³/mol. The molecule has 3 heteroatoms. The third-order valence-corrected chi connectivity index (χ3v) is 4.85. The van der Waals surface area contributed by atoms with E-state index >= 15 is 0 Å². The van der Waals surface area contributed by atoms with E-state index in [1.165, 1.54) is 37.7 Å². The zero-order chi connectivity index (χ0) is 13.8. The van der Waals surface area contributed by atoms with Crippen molar-refractivity contribution in [2.24, 2.45) is 5.92 Å². The van der Waals surface area contributed by atoms with Crippen LogP contribution in [0.5, 0.6) is 0 Å². The van der Waals surface area contributed by atoms with E-state index in [4.69, 9.17) is 0 Å². The second kappa shape index (κ2) is 6.68. The Balaban J connectivity index is 1.83. The standard InChI is InChI=1S/C17H25FN2/c18-16-8-6-15(7-9-16)17(14-4-2-1-3-5-14)20-12-10-19-11-13-20/h6-9,14,17,19H,1-5,10-13H2. The summed E-state index contributed by atoms with van der Waals surface area (Å²) in [6.45, 7) is 4.37. The van der Waals surface area contributed by atoms with E-state index < -0.39 is 0 Å². The van der Waals surface area contributed by atoms with Gasteiger partial charge in [-0.25, -0.2) is 4.39 Å². The highest BCUT2D eigenvalue weighted by Gasteiger charge is 2.30. The molecule has 1 unspecified atom stereocenters. The third kappa shape index (κ3) is 3.21. The molecule has 2 fully saturated rings. The normalized spacial score (nSPS) is 23.6. The predicted octanol–water partition coefficient (Wildman–Crippen LogP) is 3.35. The van der Waals surface area contributed by atoms with Crippen LogP contribution in [-0.4, -0.2) is 31.1 Å². The first-order valence-corrected chi connectivity index (χ1v) is 8.05. The van der Waals surface area contributed by atoms with Crippen LogP contribution in [0.2, 0.25) is 0 Å². The molecular formula is C17H25FN2. The van der Waals surface area contributed by atoms with Gasteiger partial charge in [-0.3, -0.25) is 4.90 Å². The average Bonchev–Trinajstić information content (AvgIpc) is 2.52. The molecular weight excluding hydrogens is 251 g/mol. The van der Waals surface area contributed by atoms with Crippen LogP contribution in [0.25, 0.3) is 0 Å². The Morgan fingerprint density at radius 3 is 2.30 bits per heavy atom. The van der Waals surface area contributed by atoms with E-state index in [9.17, 15) is 4.39 Å². The number of nitrogens with one attached hydrogen (secondary N) is 1. The van der Waals surface area contributed by atoms with Gasteiger partial charge in [0, 0.05) is 32.2 Å². The molecule has 1 N–H and O–H groups in total. The summed E-state index contributed by atoms with van der Waals surface area (Å²) in [5.74, 6) is 0.615. The molecule has 0 aromatic heterocycles. The van der Waals surface area contributed by atoms with Crippen molar-refractivity contribution in [2.45, 2.75) is 38.1 Å². The number of rotatable bonds is 3. The summed E-state index contributed by atoms with van der Waals surface area (Å²) >= 11 is 0. The van der Waals surface area contributed by atoms with E-state index in [2.05, 4.69) is 10.2 Å². The van der Waals surface area contributed by atoms with Gasteiger partial charge in [0.15, 0.2) is 0 Å². The number of benzene rings is 1. The molecule has 1 atom stereocenters. The highest BCUT2D eigenvalue weighted by atomic mass is 19.1. The van der Waals surface area contributed by atoms with Crippen molar-refractivity contribution in [1.82, 2.24) is 10.2 Å². The van der Waals surface area contributed by atoms with Crippen LogP contribution >= 0.6 is 0 Å². The smallest absolute Gasteiger partial charge is 0.123 e. The van der Waals surface area contributed by atoms with Crippen LogP contribution < -0.4 is 5.32 Å². The fourth-order valence-corrected chi connectivity index (χ4v) is 3.85. The summed E-state index contributed by atoms with van der Waals surface area (Å²) in [6, 6.07) is 7.71. The minimum atomic E-state index is -0.128. The van der Waals surface area contributed by atoms with Crippen LogP contribution in [0.3, 0.4) is 0 Å². The van der Waals surface area contributed by atoms with Gasteiger partial charge in [0.05, 0.1) is 0 Å². The lowest BCUT2D eigenvalue weighted by molar-refractivity contribution is 0.103. The van der Waals surface area contributed by atoms with Crippen LogP contribution in [0.15, 0.2) is 24.3 Å². The Morgan fingerprint density at radius 2 is 1.65 bits per heavy atom. The maximum atomic E-state index is 13.2. The molecule has 110 valence electrons. The molecule has 3 rings (SSSR count). The summed E-state index contributed by atoms with van der Waals surface area (Å²) in [5.41, 5.74) is 1.31.